The van der Waals surface area contributed by atoms with Crippen molar-refractivity contribution in [1.82, 2.24) is 19.7 Å². The molecule has 2 saturated carbocycles. The lowest BCUT2D eigenvalue weighted by molar-refractivity contribution is -0.149. The zero-order chi connectivity index (χ0) is 17.1. The number of ether oxygens (including phenoxy) is 1. The molecule has 0 bridgehead atoms. The molecule has 2 heterocycles. The molecule has 24 heavy (non-hydrogen) atoms. The van der Waals surface area contributed by atoms with Gasteiger partial charge in [0, 0.05) is 13.5 Å². The highest BCUT2D eigenvalue weighted by molar-refractivity contribution is 5.73. The maximum absolute atomic E-state index is 12.1. The zero-order valence-corrected chi connectivity index (χ0v) is 14.2. The SMILES string of the molecule is Cn1ncc2c(=O)[nH]c(CCC(=O)OC3C[C@@H]4[C@H](C3)C4(C)C)nc21. The molecule has 1 unspecified atom stereocenters. The second-order valence-corrected chi connectivity index (χ2v) is 7.64. The Bertz CT molecular complexity index is 852. The van der Waals surface area contributed by atoms with Gasteiger partial charge < -0.3 is 9.72 Å². The smallest absolute Gasteiger partial charge is 0.306 e. The summed E-state index contributed by atoms with van der Waals surface area (Å²) < 4.78 is 7.13. The second-order valence-electron chi connectivity index (χ2n) is 7.64. The second kappa shape index (κ2) is 5.16. The van der Waals surface area contributed by atoms with Crippen molar-refractivity contribution in [3.63, 3.8) is 0 Å². The molecule has 2 aromatic rings. The average molecular weight is 330 g/mol. The van der Waals surface area contributed by atoms with Crippen molar-refractivity contribution >= 4 is 17.0 Å². The van der Waals surface area contributed by atoms with Crippen molar-refractivity contribution in [3.8, 4) is 0 Å². The van der Waals surface area contributed by atoms with Gasteiger partial charge in [-0.2, -0.15) is 5.10 Å². The fourth-order valence-electron chi connectivity index (χ4n) is 4.21. The number of aromatic nitrogens is 4. The molecule has 3 atom stereocenters. The van der Waals surface area contributed by atoms with Gasteiger partial charge in [0.2, 0.25) is 0 Å². The Morgan fingerprint density at radius 3 is 2.83 bits per heavy atom. The number of rotatable bonds is 4. The number of nitrogens with one attached hydrogen (secondary N) is 1. The molecule has 0 amide bonds. The summed E-state index contributed by atoms with van der Waals surface area (Å²) in [5.41, 5.74) is 0.736. The maximum atomic E-state index is 12.1. The summed E-state index contributed by atoms with van der Waals surface area (Å²) >= 11 is 0. The first-order valence-electron chi connectivity index (χ1n) is 8.46. The van der Waals surface area contributed by atoms with Crippen molar-refractivity contribution in [3.05, 3.63) is 22.4 Å². The van der Waals surface area contributed by atoms with Gasteiger partial charge in [-0.05, 0) is 30.1 Å². The first kappa shape index (κ1) is 15.4. The van der Waals surface area contributed by atoms with Crippen LogP contribution in [0.2, 0.25) is 0 Å². The van der Waals surface area contributed by atoms with Crippen LogP contribution in [0.25, 0.3) is 11.0 Å². The van der Waals surface area contributed by atoms with Crippen LogP contribution < -0.4 is 5.56 Å². The van der Waals surface area contributed by atoms with Crippen LogP contribution in [0.5, 0.6) is 0 Å². The minimum absolute atomic E-state index is 0.0621. The van der Waals surface area contributed by atoms with E-state index >= 15 is 0 Å². The van der Waals surface area contributed by atoms with E-state index in [1.807, 2.05) is 0 Å². The lowest BCUT2D eigenvalue weighted by Crippen LogP contribution is -2.20. The largest absolute Gasteiger partial charge is 0.462 e. The van der Waals surface area contributed by atoms with E-state index in [0.717, 1.165) is 12.8 Å². The Hall–Kier alpha value is -2.18. The molecule has 0 aromatic carbocycles. The number of aromatic amines is 1. The summed E-state index contributed by atoms with van der Waals surface area (Å²) in [7, 11) is 1.74. The van der Waals surface area contributed by atoms with Crippen LogP contribution in [0.1, 0.15) is 38.9 Å². The minimum Gasteiger partial charge on any atom is -0.462 e. The van der Waals surface area contributed by atoms with Gasteiger partial charge in [0.25, 0.3) is 5.56 Å². The van der Waals surface area contributed by atoms with Gasteiger partial charge in [-0.25, -0.2) is 4.98 Å². The summed E-state index contributed by atoms with van der Waals surface area (Å²) in [6.07, 6.45) is 4.11. The van der Waals surface area contributed by atoms with Crippen LogP contribution in [0.4, 0.5) is 0 Å². The summed E-state index contributed by atoms with van der Waals surface area (Å²) in [4.78, 5) is 31.1. The molecule has 7 heteroatoms. The van der Waals surface area contributed by atoms with Crippen LogP contribution >= 0.6 is 0 Å². The molecular formula is C17H22N4O3. The fraction of sp³-hybridized carbons (Fsp3) is 0.647. The van der Waals surface area contributed by atoms with E-state index in [9.17, 15) is 9.59 Å². The molecule has 2 fully saturated rings. The van der Waals surface area contributed by atoms with Crippen LogP contribution in [0.15, 0.2) is 11.0 Å². The quantitative estimate of drug-likeness (QED) is 0.859. The Morgan fingerprint density at radius 1 is 1.42 bits per heavy atom. The predicted molar refractivity (Wildman–Crippen MR) is 87.3 cm³/mol. The van der Waals surface area contributed by atoms with Gasteiger partial charge >= 0.3 is 5.97 Å². The normalized spacial score (nSPS) is 27.2. The Balaban J connectivity index is 1.35. The van der Waals surface area contributed by atoms with Gasteiger partial charge in [0.05, 0.1) is 12.6 Å². The number of hydrogen-bond donors (Lipinski definition) is 1. The van der Waals surface area contributed by atoms with E-state index in [1.54, 1.807) is 11.7 Å². The van der Waals surface area contributed by atoms with Gasteiger partial charge in [0.1, 0.15) is 17.3 Å². The molecule has 0 radical (unpaired) electrons. The number of carbonyl (C=O) groups is 1. The van der Waals surface area contributed by atoms with Gasteiger partial charge in [-0.3, -0.25) is 14.3 Å². The van der Waals surface area contributed by atoms with Gasteiger partial charge in [-0.15, -0.1) is 0 Å². The lowest BCUT2D eigenvalue weighted by atomic mass is 9.99. The molecule has 1 N–H and O–H groups in total. The van der Waals surface area contributed by atoms with Crippen molar-refractivity contribution in [1.29, 1.82) is 0 Å². The van der Waals surface area contributed by atoms with Crippen molar-refractivity contribution in [2.45, 2.75) is 45.6 Å². The molecule has 0 spiro atoms. The number of aryl methyl sites for hydroxylation is 2. The van der Waals surface area contributed by atoms with Crippen LogP contribution in [0.3, 0.4) is 0 Å². The average Bonchev–Trinajstić information content (AvgIpc) is 2.93. The van der Waals surface area contributed by atoms with E-state index < -0.39 is 0 Å². The molecule has 0 saturated heterocycles. The lowest BCUT2D eigenvalue weighted by Gasteiger charge is -2.17. The number of esters is 1. The zero-order valence-electron chi connectivity index (χ0n) is 14.2. The summed E-state index contributed by atoms with van der Waals surface area (Å²) in [5, 5.41) is 4.48. The highest BCUT2D eigenvalue weighted by Crippen LogP contribution is 2.67. The number of carbonyl (C=O) groups excluding carboxylic acids is 1. The van der Waals surface area contributed by atoms with Crippen LogP contribution in [-0.4, -0.2) is 31.8 Å². The Morgan fingerprint density at radius 2 is 2.12 bits per heavy atom. The predicted octanol–water partition coefficient (Wildman–Crippen LogP) is 1.57. The molecule has 128 valence electrons. The van der Waals surface area contributed by atoms with E-state index in [2.05, 4.69) is 28.9 Å². The summed E-state index contributed by atoms with van der Waals surface area (Å²) in [6, 6.07) is 0. The third kappa shape index (κ3) is 2.42. The molecular weight excluding hydrogens is 308 g/mol. The Labute approximate surface area is 139 Å². The monoisotopic (exact) mass is 330 g/mol. The topological polar surface area (TPSA) is 89.9 Å². The standard InChI is InChI=1S/C17H22N4O3/c1-17(2)11-6-9(7-12(11)17)24-14(22)5-4-13-19-15-10(16(23)20-13)8-18-21(15)3/h8-9,11-12H,4-7H2,1-3H3,(H,19,20,23)/t9?,11-,12+. The van der Waals surface area contributed by atoms with E-state index in [0.29, 0.717) is 40.5 Å². The van der Waals surface area contributed by atoms with Crippen molar-refractivity contribution in [2.75, 3.05) is 0 Å². The van der Waals surface area contributed by atoms with Gasteiger partial charge in [-0.1, -0.05) is 13.8 Å². The first-order valence-corrected chi connectivity index (χ1v) is 8.46. The molecule has 0 aliphatic heterocycles. The number of fused-ring (bicyclic) bond motifs is 2. The van der Waals surface area contributed by atoms with Gasteiger partial charge in [0.15, 0.2) is 5.65 Å². The molecule has 2 aliphatic rings. The van der Waals surface area contributed by atoms with E-state index in [1.165, 1.54) is 6.20 Å². The summed E-state index contributed by atoms with van der Waals surface area (Å²) in [5.74, 6) is 1.69. The van der Waals surface area contributed by atoms with Crippen LogP contribution in [0, 0.1) is 17.3 Å². The number of nitrogens with zero attached hydrogens (tertiary/aromatic N) is 3. The number of H-pyrrole nitrogens is 1. The van der Waals surface area contributed by atoms with E-state index in [-0.39, 0.29) is 24.1 Å². The minimum atomic E-state index is -0.227. The van der Waals surface area contributed by atoms with Crippen molar-refractivity contribution < 1.29 is 9.53 Å². The van der Waals surface area contributed by atoms with E-state index in [4.69, 9.17) is 4.74 Å². The molecule has 4 rings (SSSR count). The molecule has 7 nitrogen and oxygen atoms in total. The maximum Gasteiger partial charge on any atom is 0.306 e. The van der Waals surface area contributed by atoms with Crippen LogP contribution in [-0.2, 0) is 23.0 Å². The molecule has 2 aliphatic carbocycles. The summed E-state index contributed by atoms with van der Waals surface area (Å²) in [6.45, 7) is 4.58. The molecule has 2 aromatic heterocycles. The first-order chi connectivity index (χ1) is 11.4. The Kier molecular flexibility index (Phi) is 3.30. The van der Waals surface area contributed by atoms with Crippen molar-refractivity contribution in [2.24, 2.45) is 24.3 Å². The fourth-order valence-corrected chi connectivity index (χ4v) is 4.21. The third-order valence-electron chi connectivity index (χ3n) is 5.84. The third-order valence-corrected chi connectivity index (χ3v) is 5.84. The number of hydrogen-bond acceptors (Lipinski definition) is 5. The highest BCUT2D eigenvalue weighted by atomic mass is 16.5. The highest BCUT2D eigenvalue weighted by Gasteiger charge is 2.62.